The number of hydrogen-bond donors (Lipinski definition) is 2. The lowest BCUT2D eigenvalue weighted by molar-refractivity contribution is 0.564. The maximum Gasteiger partial charge on any atom is 0.190 e. The number of aryl methyl sites for hydroxylation is 1. The van der Waals surface area contributed by atoms with Crippen LogP contribution in [-0.4, -0.2) is 13.7 Å². The fourth-order valence-electron chi connectivity index (χ4n) is 0.693. The number of anilines is 1. The van der Waals surface area contributed by atoms with Gasteiger partial charge in [-0.1, -0.05) is 0 Å². The second-order valence-electron chi connectivity index (χ2n) is 2.15. The topological polar surface area (TPSA) is 76.2 Å². The van der Waals surface area contributed by atoms with Gasteiger partial charge in [0.1, 0.15) is 10.7 Å². The Balaban J connectivity index is 3.23. The highest BCUT2D eigenvalue weighted by molar-refractivity contribution is 7.79. The Labute approximate surface area is 66.7 Å². The smallest absolute Gasteiger partial charge is 0.190 e. The van der Waals surface area contributed by atoms with Crippen molar-refractivity contribution in [1.82, 2.24) is 4.98 Å². The van der Waals surface area contributed by atoms with Gasteiger partial charge in [0.05, 0.1) is 0 Å². The molecule has 11 heavy (non-hydrogen) atoms. The SMILES string of the molecule is Cc1cnc(N)c(S(=O)O)c1. The van der Waals surface area contributed by atoms with E-state index in [1.165, 1.54) is 0 Å². The Hall–Kier alpha value is -0.940. The molecule has 0 saturated heterocycles. The van der Waals surface area contributed by atoms with Crippen LogP contribution in [0.2, 0.25) is 0 Å². The van der Waals surface area contributed by atoms with Gasteiger partial charge in [0, 0.05) is 6.20 Å². The molecule has 0 amide bonds. The van der Waals surface area contributed by atoms with Crippen molar-refractivity contribution in [1.29, 1.82) is 0 Å². The van der Waals surface area contributed by atoms with Gasteiger partial charge >= 0.3 is 0 Å². The van der Waals surface area contributed by atoms with Gasteiger partial charge in [-0.3, -0.25) is 0 Å². The number of pyridine rings is 1. The zero-order valence-electron chi connectivity index (χ0n) is 5.94. The number of hydrogen-bond acceptors (Lipinski definition) is 3. The van der Waals surface area contributed by atoms with Crippen LogP contribution in [0.4, 0.5) is 5.82 Å². The van der Waals surface area contributed by atoms with Crippen LogP contribution >= 0.6 is 0 Å². The van der Waals surface area contributed by atoms with Crippen LogP contribution in [0.15, 0.2) is 17.2 Å². The summed E-state index contributed by atoms with van der Waals surface area (Å²) < 4.78 is 19.2. The van der Waals surface area contributed by atoms with Gasteiger partial charge in [0.2, 0.25) is 0 Å². The predicted octanol–water partition coefficient (Wildman–Crippen LogP) is 0.553. The molecule has 0 bridgehead atoms. The molecule has 1 aromatic heterocycles. The normalized spacial score (nSPS) is 12.9. The lowest BCUT2D eigenvalue weighted by Crippen LogP contribution is -1.99. The molecule has 0 saturated carbocycles. The standard InChI is InChI=1S/C6H8N2O2S/c1-4-2-5(11(9)10)6(7)8-3-4/h2-3H,1H3,(H2,7,8)(H,9,10). The quantitative estimate of drug-likeness (QED) is 0.606. The van der Waals surface area contributed by atoms with Crippen molar-refractivity contribution in [2.75, 3.05) is 5.73 Å². The summed E-state index contributed by atoms with van der Waals surface area (Å²) in [5, 5.41) is 0. The molecule has 1 aromatic rings. The second-order valence-corrected chi connectivity index (χ2v) is 3.08. The summed E-state index contributed by atoms with van der Waals surface area (Å²) in [4.78, 5) is 3.90. The first-order chi connectivity index (χ1) is 5.11. The zero-order valence-corrected chi connectivity index (χ0v) is 6.76. The number of nitrogens with zero attached hydrogens (tertiary/aromatic N) is 1. The highest BCUT2D eigenvalue weighted by Crippen LogP contribution is 2.12. The Morgan fingerprint density at radius 1 is 1.73 bits per heavy atom. The summed E-state index contributed by atoms with van der Waals surface area (Å²) in [6.07, 6.45) is 1.55. The van der Waals surface area contributed by atoms with Crippen molar-refractivity contribution < 1.29 is 8.76 Å². The van der Waals surface area contributed by atoms with Crippen LogP contribution in [0, 0.1) is 6.92 Å². The van der Waals surface area contributed by atoms with E-state index in [0.717, 1.165) is 5.56 Å². The summed E-state index contributed by atoms with van der Waals surface area (Å²) in [6, 6.07) is 1.54. The van der Waals surface area contributed by atoms with Gasteiger partial charge in [0.25, 0.3) is 0 Å². The maximum absolute atomic E-state index is 10.6. The Morgan fingerprint density at radius 2 is 2.36 bits per heavy atom. The van der Waals surface area contributed by atoms with Crippen molar-refractivity contribution in [3.8, 4) is 0 Å². The highest BCUT2D eigenvalue weighted by atomic mass is 32.2. The summed E-state index contributed by atoms with van der Waals surface area (Å²) in [5.41, 5.74) is 6.14. The fraction of sp³-hybridized carbons (Fsp3) is 0.167. The van der Waals surface area contributed by atoms with E-state index in [0.29, 0.717) is 0 Å². The minimum atomic E-state index is -2.04. The van der Waals surface area contributed by atoms with E-state index in [1.807, 2.05) is 0 Å². The molecule has 1 rings (SSSR count). The molecular weight excluding hydrogens is 164 g/mol. The van der Waals surface area contributed by atoms with Gasteiger partial charge < -0.3 is 10.3 Å². The van der Waals surface area contributed by atoms with Crippen molar-refractivity contribution in [2.45, 2.75) is 11.8 Å². The van der Waals surface area contributed by atoms with Gasteiger partial charge in [-0.25, -0.2) is 9.19 Å². The molecule has 5 heteroatoms. The average molecular weight is 172 g/mol. The minimum absolute atomic E-state index is 0.108. The van der Waals surface area contributed by atoms with Gasteiger partial charge in [-0.15, -0.1) is 0 Å². The van der Waals surface area contributed by atoms with Crippen LogP contribution < -0.4 is 5.73 Å². The predicted molar refractivity (Wildman–Crippen MR) is 42.4 cm³/mol. The molecule has 0 aliphatic carbocycles. The van der Waals surface area contributed by atoms with E-state index >= 15 is 0 Å². The van der Waals surface area contributed by atoms with E-state index in [-0.39, 0.29) is 10.7 Å². The molecule has 0 radical (unpaired) electrons. The van der Waals surface area contributed by atoms with E-state index < -0.39 is 11.1 Å². The molecule has 1 atom stereocenters. The largest absolute Gasteiger partial charge is 0.383 e. The van der Waals surface area contributed by atoms with Crippen molar-refractivity contribution >= 4 is 16.9 Å². The molecule has 0 aliphatic heterocycles. The summed E-state index contributed by atoms with van der Waals surface area (Å²) in [7, 11) is 0. The monoisotopic (exact) mass is 172 g/mol. The van der Waals surface area contributed by atoms with E-state index in [9.17, 15) is 4.21 Å². The molecule has 1 unspecified atom stereocenters. The second kappa shape index (κ2) is 2.98. The fourth-order valence-corrected chi connectivity index (χ4v) is 1.21. The van der Waals surface area contributed by atoms with Crippen LogP contribution in [-0.2, 0) is 11.1 Å². The summed E-state index contributed by atoms with van der Waals surface area (Å²) in [5.74, 6) is 0.108. The molecule has 0 aromatic carbocycles. The Bertz CT molecular complexity index is 301. The number of nitrogen functional groups attached to an aromatic ring is 1. The molecular formula is C6H8N2O2S. The number of nitrogens with two attached hydrogens (primary N) is 1. The zero-order chi connectivity index (χ0) is 8.43. The van der Waals surface area contributed by atoms with Crippen molar-refractivity contribution in [3.05, 3.63) is 17.8 Å². The van der Waals surface area contributed by atoms with Crippen molar-refractivity contribution in [3.63, 3.8) is 0 Å². The Morgan fingerprint density at radius 3 is 2.82 bits per heavy atom. The third-order valence-electron chi connectivity index (χ3n) is 1.21. The minimum Gasteiger partial charge on any atom is -0.383 e. The van der Waals surface area contributed by atoms with Crippen LogP contribution in [0.25, 0.3) is 0 Å². The van der Waals surface area contributed by atoms with E-state index in [1.54, 1.807) is 19.2 Å². The third-order valence-corrected chi connectivity index (χ3v) is 1.91. The first kappa shape index (κ1) is 8.16. The maximum atomic E-state index is 10.6. The summed E-state index contributed by atoms with van der Waals surface area (Å²) in [6.45, 7) is 1.78. The number of rotatable bonds is 1. The van der Waals surface area contributed by atoms with Gasteiger partial charge in [-0.2, -0.15) is 0 Å². The highest BCUT2D eigenvalue weighted by Gasteiger charge is 2.05. The van der Waals surface area contributed by atoms with Gasteiger partial charge in [-0.05, 0) is 18.6 Å². The average Bonchev–Trinajstić information content (AvgIpc) is 1.94. The Kier molecular flexibility index (Phi) is 2.21. The molecule has 1 heterocycles. The van der Waals surface area contributed by atoms with Crippen molar-refractivity contribution in [2.24, 2.45) is 0 Å². The number of aromatic nitrogens is 1. The first-order valence-corrected chi connectivity index (χ1v) is 4.05. The molecule has 3 N–H and O–H groups in total. The van der Waals surface area contributed by atoms with Gasteiger partial charge in [0.15, 0.2) is 11.1 Å². The molecule has 0 spiro atoms. The van der Waals surface area contributed by atoms with Crippen LogP contribution in [0.3, 0.4) is 0 Å². The lowest BCUT2D eigenvalue weighted by Gasteiger charge is -1.99. The van der Waals surface area contributed by atoms with E-state index in [2.05, 4.69) is 4.98 Å². The molecule has 4 nitrogen and oxygen atoms in total. The lowest BCUT2D eigenvalue weighted by atomic mass is 10.3. The molecule has 0 aliphatic rings. The summed E-state index contributed by atoms with van der Waals surface area (Å²) >= 11 is -2.04. The first-order valence-electron chi connectivity index (χ1n) is 2.94. The van der Waals surface area contributed by atoms with Crippen LogP contribution in [0.1, 0.15) is 5.56 Å². The molecule has 0 fully saturated rings. The third kappa shape index (κ3) is 1.75. The van der Waals surface area contributed by atoms with Crippen LogP contribution in [0.5, 0.6) is 0 Å². The van der Waals surface area contributed by atoms with E-state index in [4.69, 9.17) is 10.3 Å². The molecule has 60 valence electrons.